The maximum absolute atomic E-state index is 13.9. The molecule has 0 aliphatic rings. The van der Waals surface area contributed by atoms with E-state index < -0.39 is 0 Å². The number of benzene rings is 3. The van der Waals surface area contributed by atoms with Crippen LogP contribution in [-0.2, 0) is 6.61 Å². The Morgan fingerprint density at radius 3 is 2.48 bits per heavy atom. The molecule has 0 spiro atoms. The van der Waals surface area contributed by atoms with E-state index in [9.17, 15) is 9.18 Å². The predicted molar refractivity (Wildman–Crippen MR) is 103 cm³/mol. The van der Waals surface area contributed by atoms with Crippen LogP contribution < -0.4 is 10.2 Å². The van der Waals surface area contributed by atoms with Crippen molar-refractivity contribution in [1.29, 1.82) is 0 Å². The van der Waals surface area contributed by atoms with Gasteiger partial charge in [-0.05, 0) is 30.7 Å². The lowest BCUT2D eigenvalue weighted by molar-refractivity contribution is 0.292. The molecular formula is C23H17FO3. The van der Waals surface area contributed by atoms with Crippen molar-refractivity contribution in [2.45, 2.75) is 13.5 Å². The maximum atomic E-state index is 13.9. The molecule has 27 heavy (non-hydrogen) atoms. The minimum atomic E-state index is -0.375. The van der Waals surface area contributed by atoms with E-state index in [1.165, 1.54) is 6.07 Å². The van der Waals surface area contributed by atoms with Crippen molar-refractivity contribution >= 4 is 11.0 Å². The molecule has 1 heterocycles. The molecule has 1 aromatic heterocycles. The van der Waals surface area contributed by atoms with Crippen LogP contribution in [0.25, 0.3) is 22.3 Å². The second-order valence-corrected chi connectivity index (χ2v) is 6.34. The Morgan fingerprint density at radius 2 is 1.70 bits per heavy atom. The van der Waals surface area contributed by atoms with Crippen molar-refractivity contribution in [2.24, 2.45) is 0 Å². The van der Waals surface area contributed by atoms with Crippen LogP contribution in [0.1, 0.15) is 11.1 Å². The first-order chi connectivity index (χ1) is 13.1. The van der Waals surface area contributed by atoms with Gasteiger partial charge in [0.15, 0.2) is 5.76 Å². The van der Waals surface area contributed by atoms with E-state index in [2.05, 4.69) is 0 Å². The van der Waals surface area contributed by atoms with Crippen molar-refractivity contribution in [3.05, 3.63) is 100.0 Å². The Balaban J connectivity index is 1.86. The molecule has 0 saturated carbocycles. The van der Waals surface area contributed by atoms with E-state index in [0.717, 1.165) is 11.1 Å². The van der Waals surface area contributed by atoms with Crippen LogP contribution in [-0.4, -0.2) is 0 Å². The zero-order chi connectivity index (χ0) is 18.8. The number of aryl methyl sites for hydroxylation is 1. The highest BCUT2D eigenvalue weighted by atomic mass is 19.1. The molecule has 4 aromatic rings. The Bertz CT molecular complexity index is 1160. The van der Waals surface area contributed by atoms with E-state index >= 15 is 0 Å². The van der Waals surface area contributed by atoms with Crippen LogP contribution in [0, 0.1) is 12.7 Å². The topological polar surface area (TPSA) is 39.4 Å². The van der Waals surface area contributed by atoms with Gasteiger partial charge < -0.3 is 9.15 Å². The van der Waals surface area contributed by atoms with E-state index in [4.69, 9.17) is 9.15 Å². The molecular weight excluding hydrogens is 343 g/mol. The fraction of sp³-hybridized carbons (Fsp3) is 0.0870. The molecule has 0 atom stereocenters. The largest absolute Gasteiger partial charge is 0.481 e. The molecule has 0 bridgehead atoms. The summed E-state index contributed by atoms with van der Waals surface area (Å²) in [5.74, 6) is 0.0513. The number of halogens is 1. The van der Waals surface area contributed by atoms with Crippen LogP contribution >= 0.6 is 0 Å². The Hall–Kier alpha value is -3.40. The van der Waals surface area contributed by atoms with Crippen molar-refractivity contribution in [3.63, 3.8) is 0 Å². The van der Waals surface area contributed by atoms with Crippen LogP contribution in [0.5, 0.6) is 5.75 Å². The minimum absolute atomic E-state index is 0.0609. The molecule has 3 nitrogen and oxygen atoms in total. The van der Waals surface area contributed by atoms with Gasteiger partial charge >= 0.3 is 0 Å². The highest BCUT2D eigenvalue weighted by molar-refractivity contribution is 5.82. The van der Waals surface area contributed by atoms with Gasteiger partial charge in [-0.2, -0.15) is 0 Å². The monoisotopic (exact) mass is 360 g/mol. The fourth-order valence-corrected chi connectivity index (χ4v) is 2.96. The standard InChI is InChI=1S/C23H17FO3/c1-15-11-12-18-20(13-15)27-22(16-7-3-2-4-8-16)23(21(18)25)26-14-17-9-5-6-10-19(17)24/h2-13H,14H2,1H3. The lowest BCUT2D eigenvalue weighted by Crippen LogP contribution is -2.11. The molecule has 0 fully saturated rings. The molecule has 4 rings (SSSR count). The van der Waals surface area contributed by atoms with Gasteiger partial charge in [0.2, 0.25) is 11.2 Å². The molecule has 4 heteroatoms. The van der Waals surface area contributed by atoms with Crippen LogP contribution in [0.3, 0.4) is 0 Å². The second-order valence-electron chi connectivity index (χ2n) is 6.34. The van der Waals surface area contributed by atoms with Gasteiger partial charge in [-0.25, -0.2) is 4.39 Å². The Morgan fingerprint density at radius 1 is 0.963 bits per heavy atom. The third-order valence-electron chi connectivity index (χ3n) is 4.37. The van der Waals surface area contributed by atoms with Crippen molar-refractivity contribution in [2.75, 3.05) is 0 Å². The number of fused-ring (bicyclic) bond motifs is 1. The first-order valence-electron chi connectivity index (χ1n) is 8.62. The SMILES string of the molecule is Cc1ccc2c(=O)c(OCc3ccccc3F)c(-c3ccccc3)oc2c1. The predicted octanol–water partition coefficient (Wildman–Crippen LogP) is 5.49. The quantitative estimate of drug-likeness (QED) is 0.483. The summed E-state index contributed by atoms with van der Waals surface area (Å²) in [5.41, 5.74) is 2.31. The first kappa shape index (κ1) is 17.0. The average Bonchev–Trinajstić information content (AvgIpc) is 2.69. The molecule has 0 saturated heterocycles. The molecule has 3 aromatic carbocycles. The summed E-state index contributed by atoms with van der Waals surface area (Å²) in [6.07, 6.45) is 0. The van der Waals surface area contributed by atoms with Gasteiger partial charge in [-0.15, -0.1) is 0 Å². The van der Waals surface area contributed by atoms with Gasteiger partial charge in [-0.3, -0.25) is 4.79 Å². The van der Waals surface area contributed by atoms with Gasteiger partial charge in [0, 0.05) is 11.1 Å². The number of ether oxygens (including phenoxy) is 1. The fourth-order valence-electron chi connectivity index (χ4n) is 2.96. The summed E-state index contributed by atoms with van der Waals surface area (Å²) >= 11 is 0. The molecule has 0 N–H and O–H groups in total. The van der Waals surface area contributed by atoms with Crippen molar-refractivity contribution in [3.8, 4) is 17.1 Å². The van der Waals surface area contributed by atoms with Crippen molar-refractivity contribution < 1.29 is 13.5 Å². The molecule has 0 amide bonds. The summed E-state index contributed by atoms with van der Waals surface area (Å²) in [5, 5.41) is 0.434. The van der Waals surface area contributed by atoms with Gasteiger partial charge in [-0.1, -0.05) is 54.6 Å². The third-order valence-corrected chi connectivity index (χ3v) is 4.37. The second kappa shape index (κ2) is 7.08. The van der Waals surface area contributed by atoms with Crippen molar-refractivity contribution in [1.82, 2.24) is 0 Å². The Kier molecular flexibility index (Phi) is 4.47. The zero-order valence-electron chi connectivity index (χ0n) is 14.7. The van der Waals surface area contributed by atoms with E-state index in [1.807, 2.05) is 49.4 Å². The lowest BCUT2D eigenvalue weighted by Gasteiger charge is -2.12. The zero-order valence-corrected chi connectivity index (χ0v) is 14.7. The summed E-state index contributed by atoms with van der Waals surface area (Å²) in [6.45, 7) is 1.87. The van der Waals surface area contributed by atoms with Crippen LogP contribution in [0.2, 0.25) is 0 Å². The smallest absolute Gasteiger partial charge is 0.235 e. The lowest BCUT2D eigenvalue weighted by atomic mass is 10.1. The maximum Gasteiger partial charge on any atom is 0.235 e. The molecule has 0 unspecified atom stereocenters. The molecule has 0 radical (unpaired) electrons. The molecule has 134 valence electrons. The number of hydrogen-bond acceptors (Lipinski definition) is 3. The normalized spacial score (nSPS) is 10.9. The third kappa shape index (κ3) is 3.34. The Labute approximate surface area is 155 Å². The summed E-state index contributed by atoms with van der Waals surface area (Å²) < 4.78 is 25.8. The summed E-state index contributed by atoms with van der Waals surface area (Å²) in [4.78, 5) is 13.1. The highest BCUT2D eigenvalue weighted by Gasteiger charge is 2.18. The van der Waals surface area contributed by atoms with Crippen LogP contribution in [0.15, 0.2) is 82.0 Å². The summed E-state index contributed by atoms with van der Waals surface area (Å²) in [6, 6.07) is 21.0. The molecule has 0 aliphatic heterocycles. The summed E-state index contributed by atoms with van der Waals surface area (Å²) in [7, 11) is 0. The number of rotatable bonds is 4. The molecule has 0 aliphatic carbocycles. The average molecular weight is 360 g/mol. The van der Waals surface area contributed by atoms with E-state index in [-0.39, 0.29) is 23.6 Å². The van der Waals surface area contributed by atoms with E-state index in [0.29, 0.717) is 22.3 Å². The van der Waals surface area contributed by atoms with Gasteiger partial charge in [0.05, 0.1) is 5.39 Å². The number of hydrogen-bond donors (Lipinski definition) is 0. The van der Waals surface area contributed by atoms with Gasteiger partial charge in [0.1, 0.15) is 18.0 Å². The highest BCUT2D eigenvalue weighted by Crippen LogP contribution is 2.31. The minimum Gasteiger partial charge on any atom is -0.481 e. The van der Waals surface area contributed by atoms with Crippen LogP contribution in [0.4, 0.5) is 4.39 Å². The first-order valence-corrected chi connectivity index (χ1v) is 8.62. The van der Waals surface area contributed by atoms with E-state index in [1.54, 1.807) is 24.3 Å². The van der Waals surface area contributed by atoms with Gasteiger partial charge in [0.25, 0.3) is 0 Å².